The average molecular weight is 306 g/mol. The van der Waals surface area contributed by atoms with E-state index < -0.39 is 0 Å². The fraction of sp³-hybridized carbons (Fsp3) is 0. The maximum atomic E-state index is 10.7. The van der Waals surface area contributed by atoms with Crippen LogP contribution in [-0.4, -0.2) is 11.3 Å². The Labute approximate surface area is 93.4 Å². The molecule has 0 saturated heterocycles. The summed E-state index contributed by atoms with van der Waals surface area (Å²) in [7, 11) is 0. The molecule has 0 spiro atoms. The van der Waals surface area contributed by atoms with Crippen molar-refractivity contribution in [3.05, 3.63) is 32.5 Å². The number of carbonyl (C=O) groups is 1. The van der Waals surface area contributed by atoms with Gasteiger partial charge in [-0.1, -0.05) is 11.6 Å². The molecule has 66 valence electrons. The molecule has 1 N–H and O–H groups in total. The van der Waals surface area contributed by atoms with Crippen molar-refractivity contribution >= 4 is 51.4 Å². The maximum absolute atomic E-state index is 10.7. The minimum absolute atomic E-state index is 0.677. The van der Waals surface area contributed by atoms with Gasteiger partial charge in [-0.25, -0.2) is 0 Å². The Balaban J connectivity index is 2.89. The van der Waals surface area contributed by atoms with E-state index in [1.807, 2.05) is 12.1 Å². The first kappa shape index (κ1) is 9.02. The first-order valence-electron chi connectivity index (χ1n) is 3.63. The molecule has 0 atom stereocenters. The van der Waals surface area contributed by atoms with Gasteiger partial charge in [0.05, 0.1) is 0 Å². The van der Waals surface area contributed by atoms with E-state index in [1.165, 1.54) is 0 Å². The molecular formula is C9H5ClINO. The van der Waals surface area contributed by atoms with Crippen molar-refractivity contribution in [2.75, 3.05) is 0 Å². The molecule has 0 bridgehead atoms. The van der Waals surface area contributed by atoms with Gasteiger partial charge in [0.1, 0.15) is 0 Å². The third kappa shape index (κ3) is 1.46. The van der Waals surface area contributed by atoms with Crippen LogP contribution in [0.25, 0.3) is 10.9 Å². The van der Waals surface area contributed by atoms with Gasteiger partial charge in [-0.2, -0.15) is 0 Å². The molecule has 0 aliphatic carbocycles. The third-order valence-electron chi connectivity index (χ3n) is 1.85. The molecule has 0 radical (unpaired) electrons. The monoisotopic (exact) mass is 305 g/mol. The zero-order valence-corrected chi connectivity index (χ0v) is 9.39. The molecule has 2 aromatic rings. The maximum Gasteiger partial charge on any atom is 0.152 e. The molecule has 13 heavy (non-hydrogen) atoms. The van der Waals surface area contributed by atoms with E-state index in [4.69, 9.17) is 11.6 Å². The first-order valence-corrected chi connectivity index (χ1v) is 5.09. The van der Waals surface area contributed by atoms with Gasteiger partial charge in [0, 0.05) is 31.3 Å². The molecule has 1 aromatic carbocycles. The second-order valence-electron chi connectivity index (χ2n) is 2.67. The molecule has 0 saturated carbocycles. The van der Waals surface area contributed by atoms with Crippen LogP contribution in [0.4, 0.5) is 0 Å². The number of rotatable bonds is 1. The topological polar surface area (TPSA) is 32.9 Å². The largest absolute Gasteiger partial charge is 0.360 e. The zero-order valence-electron chi connectivity index (χ0n) is 6.47. The van der Waals surface area contributed by atoms with E-state index in [9.17, 15) is 4.79 Å². The lowest BCUT2D eigenvalue weighted by Crippen LogP contribution is -1.79. The van der Waals surface area contributed by atoms with Gasteiger partial charge in [0.15, 0.2) is 6.29 Å². The summed E-state index contributed by atoms with van der Waals surface area (Å²) in [6, 6.07) is 3.65. The van der Waals surface area contributed by atoms with E-state index in [-0.39, 0.29) is 0 Å². The summed E-state index contributed by atoms with van der Waals surface area (Å²) >= 11 is 8.03. The lowest BCUT2D eigenvalue weighted by Gasteiger charge is -1.96. The van der Waals surface area contributed by atoms with Crippen LogP contribution in [0.1, 0.15) is 10.4 Å². The molecule has 0 amide bonds. The fourth-order valence-electron chi connectivity index (χ4n) is 1.30. The van der Waals surface area contributed by atoms with Gasteiger partial charge in [-0.15, -0.1) is 0 Å². The molecule has 1 aromatic heterocycles. The molecular weight excluding hydrogens is 300 g/mol. The summed E-state index contributed by atoms with van der Waals surface area (Å²) in [5.41, 5.74) is 1.58. The van der Waals surface area contributed by atoms with Crippen LogP contribution < -0.4 is 0 Å². The van der Waals surface area contributed by atoms with Crippen LogP contribution in [-0.2, 0) is 0 Å². The molecule has 2 rings (SSSR count). The first-order chi connectivity index (χ1) is 6.22. The Morgan fingerprint density at radius 1 is 1.46 bits per heavy atom. The molecule has 0 aliphatic rings. The number of hydrogen-bond donors (Lipinski definition) is 1. The Morgan fingerprint density at radius 2 is 2.23 bits per heavy atom. The molecule has 0 aliphatic heterocycles. The Bertz CT molecular complexity index is 478. The minimum Gasteiger partial charge on any atom is -0.360 e. The predicted octanol–water partition coefficient (Wildman–Crippen LogP) is 3.24. The Morgan fingerprint density at radius 3 is 2.92 bits per heavy atom. The lowest BCUT2D eigenvalue weighted by molar-refractivity contribution is 0.112. The fourth-order valence-corrected chi connectivity index (χ4v) is 2.64. The summed E-state index contributed by atoms with van der Waals surface area (Å²) in [4.78, 5) is 13.7. The van der Waals surface area contributed by atoms with Gasteiger partial charge in [0.25, 0.3) is 0 Å². The van der Waals surface area contributed by atoms with Crippen LogP contribution in [0.3, 0.4) is 0 Å². The number of benzene rings is 1. The number of hydrogen-bond acceptors (Lipinski definition) is 1. The number of aromatic nitrogens is 1. The van der Waals surface area contributed by atoms with Gasteiger partial charge in [-0.05, 0) is 34.7 Å². The second kappa shape index (κ2) is 3.31. The van der Waals surface area contributed by atoms with Crippen molar-refractivity contribution in [1.29, 1.82) is 0 Å². The number of halogens is 2. The quantitative estimate of drug-likeness (QED) is 0.637. The lowest BCUT2D eigenvalue weighted by atomic mass is 10.2. The van der Waals surface area contributed by atoms with Crippen LogP contribution in [0.15, 0.2) is 18.3 Å². The van der Waals surface area contributed by atoms with Gasteiger partial charge in [-0.3, -0.25) is 4.79 Å². The summed E-state index contributed by atoms with van der Waals surface area (Å²) in [5, 5.41) is 1.62. The van der Waals surface area contributed by atoms with Gasteiger partial charge >= 0.3 is 0 Å². The number of carbonyl (C=O) groups excluding carboxylic acids is 1. The van der Waals surface area contributed by atoms with Crippen molar-refractivity contribution in [1.82, 2.24) is 4.98 Å². The normalized spacial score (nSPS) is 10.6. The summed E-state index contributed by atoms with van der Waals surface area (Å²) < 4.78 is 0.989. The van der Waals surface area contributed by atoms with Crippen LogP contribution in [0.2, 0.25) is 5.02 Å². The number of nitrogens with one attached hydrogen (secondary N) is 1. The van der Waals surface area contributed by atoms with E-state index in [1.54, 1.807) is 6.20 Å². The molecule has 0 fully saturated rings. The zero-order chi connectivity index (χ0) is 9.42. The Hall–Kier alpha value is -0.550. The molecule has 2 nitrogen and oxygen atoms in total. The third-order valence-corrected chi connectivity index (χ3v) is 2.92. The highest BCUT2D eigenvalue weighted by molar-refractivity contribution is 14.1. The average Bonchev–Trinajstić information content (AvgIpc) is 2.47. The van der Waals surface area contributed by atoms with E-state index in [2.05, 4.69) is 27.6 Å². The van der Waals surface area contributed by atoms with E-state index in [0.29, 0.717) is 10.6 Å². The minimum atomic E-state index is 0.677. The highest BCUT2D eigenvalue weighted by Crippen LogP contribution is 2.26. The highest BCUT2D eigenvalue weighted by atomic mass is 127. The number of aromatic amines is 1. The van der Waals surface area contributed by atoms with Crippen molar-refractivity contribution < 1.29 is 4.79 Å². The smallest absolute Gasteiger partial charge is 0.152 e. The summed E-state index contributed by atoms with van der Waals surface area (Å²) in [5.74, 6) is 0. The number of fused-ring (bicyclic) bond motifs is 1. The van der Waals surface area contributed by atoms with Gasteiger partial charge in [0.2, 0.25) is 0 Å². The standard InChI is InChI=1S/C9H5ClINO/c10-6-1-7(11)9-5(4-13)3-12-8(9)2-6/h1-4,12H. The molecule has 0 unspecified atom stereocenters. The summed E-state index contributed by atoms with van der Waals surface area (Å²) in [6.07, 6.45) is 2.53. The molecule has 4 heteroatoms. The highest BCUT2D eigenvalue weighted by Gasteiger charge is 2.07. The van der Waals surface area contributed by atoms with E-state index in [0.717, 1.165) is 20.8 Å². The number of aldehydes is 1. The number of H-pyrrole nitrogens is 1. The van der Waals surface area contributed by atoms with Crippen molar-refractivity contribution in [3.63, 3.8) is 0 Å². The predicted molar refractivity (Wildman–Crippen MR) is 61.4 cm³/mol. The van der Waals surface area contributed by atoms with Crippen LogP contribution >= 0.6 is 34.2 Å². The SMILES string of the molecule is O=Cc1c[nH]c2cc(Cl)cc(I)c12. The van der Waals surface area contributed by atoms with Crippen molar-refractivity contribution in [2.45, 2.75) is 0 Å². The molecule has 1 heterocycles. The summed E-state index contributed by atoms with van der Waals surface area (Å²) in [6.45, 7) is 0. The van der Waals surface area contributed by atoms with Crippen molar-refractivity contribution in [2.24, 2.45) is 0 Å². The second-order valence-corrected chi connectivity index (χ2v) is 4.27. The van der Waals surface area contributed by atoms with E-state index >= 15 is 0 Å². The van der Waals surface area contributed by atoms with Gasteiger partial charge < -0.3 is 4.98 Å². The van der Waals surface area contributed by atoms with Crippen molar-refractivity contribution in [3.8, 4) is 0 Å². The van der Waals surface area contributed by atoms with Crippen LogP contribution in [0.5, 0.6) is 0 Å². The van der Waals surface area contributed by atoms with Crippen LogP contribution in [0, 0.1) is 3.57 Å². The Kier molecular flexibility index (Phi) is 2.29.